The molecule has 1 aromatic carbocycles. The zero-order chi connectivity index (χ0) is 14.5. The SMILES string of the molecule is CCCCC1CC(N)CN(Cc2cc(C)ccc2C)C1. The zero-order valence-corrected chi connectivity index (χ0v) is 13.4. The molecule has 1 heterocycles. The molecule has 1 saturated heterocycles. The Morgan fingerprint density at radius 3 is 2.80 bits per heavy atom. The predicted octanol–water partition coefficient (Wildman–Crippen LogP) is 3.64. The Bertz CT molecular complexity index is 427. The second-order valence-electron chi connectivity index (χ2n) is 6.63. The highest BCUT2D eigenvalue weighted by Crippen LogP contribution is 2.23. The standard InChI is InChI=1S/C18H30N2/c1-4-5-6-16-10-18(19)13-20(11-16)12-17-9-14(2)7-8-15(17)3/h7-9,16,18H,4-6,10-13,19H2,1-3H3. The summed E-state index contributed by atoms with van der Waals surface area (Å²) in [7, 11) is 0. The van der Waals surface area contributed by atoms with E-state index in [1.165, 1.54) is 48.9 Å². The maximum Gasteiger partial charge on any atom is 0.0237 e. The van der Waals surface area contributed by atoms with E-state index < -0.39 is 0 Å². The van der Waals surface area contributed by atoms with Crippen LogP contribution in [0.1, 0.15) is 49.3 Å². The number of rotatable bonds is 5. The summed E-state index contributed by atoms with van der Waals surface area (Å²) >= 11 is 0. The quantitative estimate of drug-likeness (QED) is 0.888. The van der Waals surface area contributed by atoms with Crippen LogP contribution in [-0.2, 0) is 6.54 Å². The molecule has 0 radical (unpaired) electrons. The van der Waals surface area contributed by atoms with Crippen LogP contribution in [0.3, 0.4) is 0 Å². The van der Waals surface area contributed by atoms with E-state index in [1.807, 2.05) is 0 Å². The average molecular weight is 274 g/mol. The van der Waals surface area contributed by atoms with Crippen molar-refractivity contribution in [3.63, 3.8) is 0 Å². The number of nitrogens with two attached hydrogens (primary N) is 1. The van der Waals surface area contributed by atoms with Gasteiger partial charge < -0.3 is 5.73 Å². The van der Waals surface area contributed by atoms with E-state index in [1.54, 1.807) is 0 Å². The van der Waals surface area contributed by atoms with Gasteiger partial charge in [-0.1, -0.05) is 43.5 Å². The number of hydrogen-bond acceptors (Lipinski definition) is 2. The first-order valence-electron chi connectivity index (χ1n) is 8.12. The van der Waals surface area contributed by atoms with E-state index in [9.17, 15) is 0 Å². The van der Waals surface area contributed by atoms with Gasteiger partial charge >= 0.3 is 0 Å². The molecule has 1 fully saturated rings. The van der Waals surface area contributed by atoms with Crippen molar-refractivity contribution in [3.05, 3.63) is 34.9 Å². The first-order valence-corrected chi connectivity index (χ1v) is 8.12. The second kappa shape index (κ2) is 7.24. The van der Waals surface area contributed by atoms with Crippen LogP contribution < -0.4 is 5.73 Å². The minimum atomic E-state index is 0.357. The molecule has 2 rings (SSSR count). The molecule has 0 aliphatic carbocycles. The number of aryl methyl sites for hydroxylation is 2. The van der Waals surface area contributed by atoms with Crippen LogP contribution in [0.5, 0.6) is 0 Å². The molecular formula is C18H30N2. The summed E-state index contributed by atoms with van der Waals surface area (Å²) in [6.45, 7) is 10.00. The summed E-state index contributed by atoms with van der Waals surface area (Å²) in [5.74, 6) is 0.795. The zero-order valence-electron chi connectivity index (χ0n) is 13.4. The van der Waals surface area contributed by atoms with Crippen LogP contribution in [0, 0.1) is 19.8 Å². The molecule has 2 atom stereocenters. The number of unbranched alkanes of at least 4 members (excludes halogenated alkanes) is 1. The summed E-state index contributed by atoms with van der Waals surface area (Å²) < 4.78 is 0. The fraction of sp³-hybridized carbons (Fsp3) is 0.667. The first-order chi connectivity index (χ1) is 9.58. The molecule has 1 aliphatic heterocycles. The van der Waals surface area contributed by atoms with Crippen LogP contribution in [0.2, 0.25) is 0 Å². The second-order valence-corrected chi connectivity index (χ2v) is 6.63. The monoisotopic (exact) mass is 274 g/mol. The molecule has 0 amide bonds. The van der Waals surface area contributed by atoms with Crippen LogP contribution in [-0.4, -0.2) is 24.0 Å². The van der Waals surface area contributed by atoms with Gasteiger partial charge in [0.2, 0.25) is 0 Å². The third-order valence-corrected chi connectivity index (χ3v) is 4.51. The van der Waals surface area contributed by atoms with Gasteiger partial charge in [0.15, 0.2) is 0 Å². The Morgan fingerprint density at radius 2 is 2.05 bits per heavy atom. The van der Waals surface area contributed by atoms with E-state index in [4.69, 9.17) is 5.73 Å². The Kier molecular flexibility index (Phi) is 5.62. The highest BCUT2D eigenvalue weighted by atomic mass is 15.1. The number of benzene rings is 1. The lowest BCUT2D eigenvalue weighted by molar-refractivity contribution is 0.142. The van der Waals surface area contributed by atoms with Crippen molar-refractivity contribution in [2.75, 3.05) is 13.1 Å². The molecule has 2 heteroatoms. The molecule has 112 valence electrons. The first kappa shape index (κ1) is 15.5. The fourth-order valence-corrected chi connectivity index (χ4v) is 3.39. The summed E-state index contributed by atoms with van der Waals surface area (Å²) in [5.41, 5.74) is 10.5. The third kappa shape index (κ3) is 4.32. The summed E-state index contributed by atoms with van der Waals surface area (Å²) in [4.78, 5) is 2.57. The number of piperidine rings is 1. The predicted molar refractivity (Wildman–Crippen MR) is 86.8 cm³/mol. The van der Waals surface area contributed by atoms with E-state index in [0.717, 1.165) is 19.0 Å². The summed E-state index contributed by atoms with van der Waals surface area (Å²) in [5, 5.41) is 0. The maximum absolute atomic E-state index is 6.27. The molecule has 0 aromatic heterocycles. The molecule has 20 heavy (non-hydrogen) atoms. The normalized spacial score (nSPS) is 24.0. The highest BCUT2D eigenvalue weighted by molar-refractivity contribution is 5.30. The number of nitrogens with zero attached hydrogens (tertiary/aromatic N) is 1. The van der Waals surface area contributed by atoms with Crippen LogP contribution in [0.15, 0.2) is 18.2 Å². The molecule has 2 nitrogen and oxygen atoms in total. The van der Waals surface area contributed by atoms with Crippen molar-refractivity contribution in [1.82, 2.24) is 4.90 Å². The Balaban J connectivity index is 1.98. The van der Waals surface area contributed by atoms with Gasteiger partial charge in [-0.15, -0.1) is 0 Å². The summed E-state index contributed by atoms with van der Waals surface area (Å²) in [6.07, 6.45) is 5.19. The lowest BCUT2D eigenvalue weighted by atomic mass is 9.90. The van der Waals surface area contributed by atoms with Gasteiger partial charge in [-0.3, -0.25) is 4.90 Å². The van der Waals surface area contributed by atoms with Crippen molar-refractivity contribution in [2.24, 2.45) is 11.7 Å². The van der Waals surface area contributed by atoms with Gasteiger partial charge in [-0.25, -0.2) is 0 Å². The Labute approximate surface area is 124 Å². The topological polar surface area (TPSA) is 29.3 Å². The number of hydrogen-bond donors (Lipinski definition) is 1. The average Bonchev–Trinajstić information content (AvgIpc) is 2.40. The van der Waals surface area contributed by atoms with E-state index in [0.29, 0.717) is 6.04 Å². The van der Waals surface area contributed by atoms with Gasteiger partial charge in [-0.2, -0.15) is 0 Å². The molecule has 0 saturated carbocycles. The summed E-state index contributed by atoms with van der Waals surface area (Å²) in [6, 6.07) is 7.13. The van der Waals surface area contributed by atoms with Crippen molar-refractivity contribution in [1.29, 1.82) is 0 Å². The lowest BCUT2D eigenvalue weighted by Gasteiger charge is -2.36. The van der Waals surface area contributed by atoms with Crippen molar-refractivity contribution >= 4 is 0 Å². The van der Waals surface area contributed by atoms with Crippen molar-refractivity contribution in [2.45, 2.75) is 59.0 Å². The van der Waals surface area contributed by atoms with Gasteiger partial charge in [-0.05, 0) is 43.7 Å². The molecule has 2 unspecified atom stereocenters. The van der Waals surface area contributed by atoms with Gasteiger partial charge in [0.25, 0.3) is 0 Å². The lowest BCUT2D eigenvalue weighted by Crippen LogP contribution is -2.46. The van der Waals surface area contributed by atoms with Crippen LogP contribution in [0.4, 0.5) is 0 Å². The van der Waals surface area contributed by atoms with E-state index in [-0.39, 0.29) is 0 Å². The Hall–Kier alpha value is -0.860. The maximum atomic E-state index is 6.27. The van der Waals surface area contributed by atoms with Crippen LogP contribution in [0.25, 0.3) is 0 Å². The smallest absolute Gasteiger partial charge is 0.0237 e. The van der Waals surface area contributed by atoms with Gasteiger partial charge in [0, 0.05) is 25.7 Å². The molecular weight excluding hydrogens is 244 g/mol. The van der Waals surface area contributed by atoms with Crippen molar-refractivity contribution < 1.29 is 0 Å². The minimum absolute atomic E-state index is 0.357. The van der Waals surface area contributed by atoms with E-state index in [2.05, 4.69) is 43.9 Å². The largest absolute Gasteiger partial charge is 0.327 e. The fourth-order valence-electron chi connectivity index (χ4n) is 3.39. The van der Waals surface area contributed by atoms with Crippen LogP contribution >= 0.6 is 0 Å². The highest BCUT2D eigenvalue weighted by Gasteiger charge is 2.24. The van der Waals surface area contributed by atoms with E-state index >= 15 is 0 Å². The van der Waals surface area contributed by atoms with Gasteiger partial charge in [0.1, 0.15) is 0 Å². The molecule has 1 aliphatic rings. The molecule has 2 N–H and O–H groups in total. The molecule has 0 bridgehead atoms. The van der Waals surface area contributed by atoms with Crippen molar-refractivity contribution in [3.8, 4) is 0 Å². The third-order valence-electron chi connectivity index (χ3n) is 4.51. The van der Waals surface area contributed by atoms with Gasteiger partial charge in [0.05, 0.1) is 0 Å². The molecule has 1 aromatic rings. The Morgan fingerprint density at radius 1 is 1.25 bits per heavy atom. The number of likely N-dealkylation sites (tertiary alicyclic amines) is 1. The molecule has 0 spiro atoms. The minimum Gasteiger partial charge on any atom is -0.327 e.